The lowest BCUT2D eigenvalue weighted by molar-refractivity contribution is 0.435. The van der Waals surface area contributed by atoms with Crippen molar-refractivity contribution in [2.75, 3.05) is 0 Å². The maximum Gasteiger partial charge on any atom is 0.123 e. The van der Waals surface area contributed by atoms with Gasteiger partial charge in [0.2, 0.25) is 0 Å². The van der Waals surface area contributed by atoms with Crippen LogP contribution in [-0.4, -0.2) is 30.6 Å². The first-order valence-electron chi connectivity index (χ1n) is 20.4. The summed E-state index contributed by atoms with van der Waals surface area (Å²) in [5.74, 6) is -5.62. The summed E-state index contributed by atoms with van der Waals surface area (Å²) in [5, 5.41) is 78.5. The predicted octanol–water partition coefficient (Wildman–Crippen LogP) is 12.1. The zero-order chi connectivity index (χ0) is 43.8. The van der Waals surface area contributed by atoms with Crippen LogP contribution in [0.3, 0.4) is 0 Å². The SMILES string of the molecule is O=Nc1cc(O)c2cc1C(C1=CC=CCC=C1)c1cc(c(N=O)cc1O)C(c1ccccc1)c1cc(c(O)cc1O)C(c1ccccc1)c1cc(c(O)cc1O)C2c1ccccc1. The van der Waals surface area contributed by atoms with Gasteiger partial charge in [-0.15, -0.1) is 9.81 Å². The van der Waals surface area contributed by atoms with E-state index in [9.17, 15) is 40.5 Å². The van der Waals surface area contributed by atoms with E-state index in [0.29, 0.717) is 28.7 Å². The topological polar surface area (TPSA) is 180 Å². The molecule has 2 aliphatic rings. The van der Waals surface area contributed by atoms with Gasteiger partial charge in [0.25, 0.3) is 0 Å². The van der Waals surface area contributed by atoms with Crippen LogP contribution in [0.25, 0.3) is 0 Å². The Kier molecular flexibility index (Phi) is 10.6. The summed E-state index contributed by atoms with van der Waals surface area (Å²) in [5.41, 5.74) is 4.44. The number of aromatic hydroxyl groups is 6. The van der Waals surface area contributed by atoms with E-state index in [4.69, 9.17) is 0 Å². The molecule has 10 heteroatoms. The Morgan fingerprint density at radius 3 is 1.11 bits per heavy atom. The fraction of sp³-hybridized carbons (Fsp3) is 0.0943. The molecular weight excluding hydrogens is 793 g/mol. The first-order valence-corrected chi connectivity index (χ1v) is 20.4. The van der Waals surface area contributed by atoms with Gasteiger partial charge in [-0.1, -0.05) is 121 Å². The van der Waals surface area contributed by atoms with Crippen molar-refractivity contribution in [2.45, 2.75) is 30.1 Å². The van der Waals surface area contributed by atoms with Crippen molar-refractivity contribution < 1.29 is 30.6 Å². The molecule has 310 valence electrons. The van der Waals surface area contributed by atoms with Gasteiger partial charge in [-0.3, -0.25) is 0 Å². The molecule has 10 nitrogen and oxygen atoms in total. The lowest BCUT2D eigenvalue weighted by Crippen LogP contribution is -2.13. The number of nitrogens with zero attached hydrogens (tertiary/aromatic N) is 2. The van der Waals surface area contributed by atoms with Gasteiger partial charge in [-0.05, 0) is 74.4 Å². The van der Waals surface area contributed by atoms with Gasteiger partial charge < -0.3 is 30.6 Å². The van der Waals surface area contributed by atoms with E-state index in [-0.39, 0.29) is 90.4 Å². The number of benzene rings is 7. The molecule has 9 rings (SSSR count). The number of nitroso groups, excluding NO2 is 2. The third kappa shape index (κ3) is 7.27. The number of hydrogen-bond donors (Lipinski definition) is 6. The van der Waals surface area contributed by atoms with Crippen molar-refractivity contribution in [1.82, 2.24) is 0 Å². The molecule has 0 saturated carbocycles. The Balaban J connectivity index is 1.49. The lowest BCUT2D eigenvalue weighted by atomic mass is 9.74. The Labute approximate surface area is 362 Å². The largest absolute Gasteiger partial charge is 0.508 e. The van der Waals surface area contributed by atoms with E-state index in [1.165, 1.54) is 24.3 Å². The summed E-state index contributed by atoms with van der Waals surface area (Å²) >= 11 is 0. The third-order valence-corrected chi connectivity index (χ3v) is 12.1. The van der Waals surface area contributed by atoms with Crippen LogP contribution < -0.4 is 0 Å². The minimum Gasteiger partial charge on any atom is -0.508 e. The summed E-state index contributed by atoms with van der Waals surface area (Å²) in [6.45, 7) is 0. The molecule has 6 N–H and O–H groups in total. The average molecular weight is 833 g/mol. The fourth-order valence-corrected chi connectivity index (χ4v) is 9.29. The van der Waals surface area contributed by atoms with Crippen LogP contribution in [-0.2, 0) is 0 Å². The zero-order valence-electron chi connectivity index (χ0n) is 33.6. The molecule has 2 aliphatic carbocycles. The van der Waals surface area contributed by atoms with Crippen LogP contribution in [0.1, 0.15) is 91.3 Å². The number of rotatable bonds is 6. The Morgan fingerprint density at radius 1 is 0.381 bits per heavy atom. The molecule has 0 fully saturated rings. The molecule has 0 spiro atoms. The van der Waals surface area contributed by atoms with Crippen molar-refractivity contribution in [3.05, 3.63) is 246 Å². The highest BCUT2D eigenvalue weighted by Gasteiger charge is 2.35. The molecule has 0 saturated heterocycles. The second-order valence-electron chi connectivity index (χ2n) is 15.8. The van der Waals surface area contributed by atoms with Gasteiger partial charge in [0.05, 0.1) is 0 Å². The molecule has 8 bridgehead atoms. The van der Waals surface area contributed by atoms with E-state index in [0.717, 1.165) is 0 Å². The highest BCUT2D eigenvalue weighted by atomic mass is 16.3. The second kappa shape index (κ2) is 16.7. The summed E-state index contributed by atoms with van der Waals surface area (Å²) in [4.78, 5) is 25.9. The molecule has 7 aromatic carbocycles. The molecular formula is C53H40N2O8. The van der Waals surface area contributed by atoms with E-state index in [2.05, 4.69) is 10.4 Å². The third-order valence-electron chi connectivity index (χ3n) is 12.1. The number of fused-ring (bicyclic) bond motifs is 8. The van der Waals surface area contributed by atoms with Crippen molar-refractivity contribution >= 4 is 11.4 Å². The molecule has 0 heterocycles. The van der Waals surface area contributed by atoms with E-state index in [1.807, 2.05) is 121 Å². The van der Waals surface area contributed by atoms with Gasteiger partial charge >= 0.3 is 0 Å². The normalized spacial score (nSPS) is 17.9. The maximum atomic E-state index is 12.9. The summed E-state index contributed by atoms with van der Waals surface area (Å²) < 4.78 is 0. The van der Waals surface area contributed by atoms with Crippen LogP contribution >= 0.6 is 0 Å². The number of phenolic OH excluding ortho intramolecular Hbond substituents is 6. The second-order valence-corrected chi connectivity index (χ2v) is 15.8. The average Bonchev–Trinajstić information content (AvgIpc) is 3.58. The summed E-state index contributed by atoms with van der Waals surface area (Å²) in [6.07, 6.45) is 10.1. The van der Waals surface area contributed by atoms with E-state index in [1.54, 1.807) is 24.3 Å². The van der Waals surface area contributed by atoms with Crippen LogP contribution in [0.5, 0.6) is 34.5 Å². The van der Waals surface area contributed by atoms with E-state index >= 15 is 0 Å². The van der Waals surface area contributed by atoms with Gasteiger partial charge in [0.15, 0.2) is 0 Å². The molecule has 0 radical (unpaired) electrons. The maximum absolute atomic E-state index is 12.9. The van der Waals surface area contributed by atoms with Crippen molar-refractivity contribution in [1.29, 1.82) is 0 Å². The Bertz CT molecular complexity index is 3000. The number of phenols is 6. The molecule has 0 aromatic heterocycles. The highest BCUT2D eigenvalue weighted by Crippen LogP contribution is 2.54. The van der Waals surface area contributed by atoms with Gasteiger partial charge in [-0.2, -0.15) is 0 Å². The molecule has 0 aliphatic heterocycles. The molecule has 7 aromatic rings. The quantitative estimate of drug-likeness (QED) is 0.0896. The molecule has 0 amide bonds. The summed E-state index contributed by atoms with van der Waals surface area (Å²) in [6, 6.07) is 38.9. The predicted molar refractivity (Wildman–Crippen MR) is 242 cm³/mol. The van der Waals surface area contributed by atoms with Gasteiger partial charge in [0, 0.05) is 81.3 Å². The van der Waals surface area contributed by atoms with E-state index < -0.39 is 23.7 Å². The van der Waals surface area contributed by atoms with Crippen molar-refractivity contribution in [3.8, 4) is 34.5 Å². The monoisotopic (exact) mass is 832 g/mol. The fourth-order valence-electron chi connectivity index (χ4n) is 9.29. The molecule has 4 unspecified atom stereocenters. The number of allylic oxidation sites excluding steroid dienone is 6. The highest BCUT2D eigenvalue weighted by molar-refractivity contribution is 5.71. The van der Waals surface area contributed by atoms with Gasteiger partial charge in [0.1, 0.15) is 45.9 Å². The van der Waals surface area contributed by atoms with Crippen molar-refractivity contribution in [3.63, 3.8) is 0 Å². The summed E-state index contributed by atoms with van der Waals surface area (Å²) in [7, 11) is 0. The lowest BCUT2D eigenvalue weighted by Gasteiger charge is -2.29. The number of hydrogen-bond acceptors (Lipinski definition) is 10. The van der Waals surface area contributed by atoms with Crippen LogP contribution in [0.4, 0.5) is 11.4 Å². The first-order chi connectivity index (χ1) is 30.7. The van der Waals surface area contributed by atoms with Crippen LogP contribution in [0.2, 0.25) is 0 Å². The molecule has 4 atom stereocenters. The van der Waals surface area contributed by atoms with Crippen molar-refractivity contribution in [2.24, 2.45) is 10.4 Å². The minimum atomic E-state index is -0.966. The Morgan fingerprint density at radius 2 is 0.714 bits per heavy atom. The van der Waals surface area contributed by atoms with Crippen LogP contribution in [0.15, 0.2) is 186 Å². The Hall–Kier alpha value is -8.24. The zero-order valence-corrected chi connectivity index (χ0v) is 33.6. The minimum absolute atomic E-state index is 0.129. The smallest absolute Gasteiger partial charge is 0.123 e. The first kappa shape index (κ1) is 40.2. The van der Waals surface area contributed by atoms with Gasteiger partial charge in [-0.25, -0.2) is 0 Å². The van der Waals surface area contributed by atoms with Crippen LogP contribution in [0, 0.1) is 9.81 Å². The molecule has 63 heavy (non-hydrogen) atoms. The standard InChI is InChI=1S/C53H40N2O8/c56-44-26-42(54-62)34-22-36(44)50(30-14-6-1-2-7-15-30)35-23-37(45(57)27-43(35)55-63)52(32-18-10-4-11-19-32)40-25-41(49(61)29-48(40)60)53(33-20-12-5-13-21-33)39-24-38(46(58)28-47(39)59)51(34)31-16-8-3-9-17-31/h1,3-29,50-53,56-61H,2H2.